The van der Waals surface area contributed by atoms with Gasteiger partial charge in [0.25, 0.3) is 0 Å². The molecule has 21 heavy (non-hydrogen) atoms. The standard InChI is InChI=1S/C18H22N2O/c1-21-13-11-19-14-15-6-8-17(9-7-15)20-12-10-16-4-2-3-5-18(16)20/h2-9,19H,10-14H2,1H3. The van der Waals surface area contributed by atoms with Crippen LogP contribution in [-0.4, -0.2) is 26.8 Å². The summed E-state index contributed by atoms with van der Waals surface area (Å²) in [7, 11) is 1.73. The molecule has 2 aromatic rings. The Labute approximate surface area is 126 Å². The maximum Gasteiger partial charge on any atom is 0.0587 e. The molecule has 0 spiro atoms. The van der Waals surface area contributed by atoms with Gasteiger partial charge in [-0.25, -0.2) is 0 Å². The second-order valence-corrected chi connectivity index (χ2v) is 5.37. The van der Waals surface area contributed by atoms with Crippen LogP contribution in [0.4, 0.5) is 11.4 Å². The zero-order chi connectivity index (χ0) is 14.5. The summed E-state index contributed by atoms with van der Waals surface area (Å²) in [6.45, 7) is 3.60. The highest BCUT2D eigenvalue weighted by Crippen LogP contribution is 2.34. The SMILES string of the molecule is COCCNCc1ccc(N2CCc3ccccc32)cc1. The van der Waals surface area contributed by atoms with Gasteiger partial charge in [-0.3, -0.25) is 0 Å². The molecular formula is C18H22N2O. The fourth-order valence-corrected chi connectivity index (χ4v) is 2.81. The molecule has 0 amide bonds. The first kappa shape index (κ1) is 14.1. The Morgan fingerprint density at radius 2 is 1.90 bits per heavy atom. The van der Waals surface area contributed by atoms with Crippen molar-refractivity contribution in [3.05, 3.63) is 59.7 Å². The molecular weight excluding hydrogens is 260 g/mol. The number of anilines is 2. The number of methoxy groups -OCH3 is 1. The third-order valence-electron chi connectivity index (χ3n) is 3.95. The number of rotatable bonds is 6. The van der Waals surface area contributed by atoms with Crippen LogP contribution in [0.5, 0.6) is 0 Å². The molecule has 0 radical (unpaired) electrons. The number of fused-ring (bicyclic) bond motifs is 1. The van der Waals surface area contributed by atoms with E-state index in [1.807, 2.05) is 0 Å². The number of nitrogens with zero attached hydrogens (tertiary/aromatic N) is 1. The highest BCUT2D eigenvalue weighted by Gasteiger charge is 2.19. The van der Waals surface area contributed by atoms with E-state index in [2.05, 4.69) is 58.7 Å². The lowest BCUT2D eigenvalue weighted by atomic mass is 10.1. The van der Waals surface area contributed by atoms with Crippen LogP contribution in [0.15, 0.2) is 48.5 Å². The second-order valence-electron chi connectivity index (χ2n) is 5.37. The third-order valence-corrected chi connectivity index (χ3v) is 3.95. The van der Waals surface area contributed by atoms with Crippen LogP contribution >= 0.6 is 0 Å². The fraction of sp³-hybridized carbons (Fsp3) is 0.333. The van der Waals surface area contributed by atoms with Crippen molar-refractivity contribution in [2.45, 2.75) is 13.0 Å². The molecule has 0 saturated heterocycles. The average Bonchev–Trinajstić information content (AvgIpc) is 2.96. The summed E-state index contributed by atoms with van der Waals surface area (Å²) >= 11 is 0. The molecule has 0 aromatic heterocycles. The first-order valence-electron chi connectivity index (χ1n) is 7.52. The molecule has 1 N–H and O–H groups in total. The van der Waals surface area contributed by atoms with Crippen LogP contribution in [0.2, 0.25) is 0 Å². The van der Waals surface area contributed by atoms with Crippen molar-refractivity contribution in [3.63, 3.8) is 0 Å². The van der Waals surface area contributed by atoms with Gasteiger partial charge < -0.3 is 15.0 Å². The number of para-hydroxylation sites is 1. The van der Waals surface area contributed by atoms with Crippen molar-refractivity contribution in [2.75, 3.05) is 31.7 Å². The van der Waals surface area contributed by atoms with Crippen molar-refractivity contribution in [2.24, 2.45) is 0 Å². The minimum atomic E-state index is 0.753. The zero-order valence-electron chi connectivity index (χ0n) is 12.5. The van der Waals surface area contributed by atoms with E-state index in [4.69, 9.17) is 4.74 Å². The third kappa shape index (κ3) is 3.26. The summed E-state index contributed by atoms with van der Waals surface area (Å²) in [4.78, 5) is 2.40. The maximum absolute atomic E-state index is 5.03. The van der Waals surface area contributed by atoms with Crippen molar-refractivity contribution < 1.29 is 4.74 Å². The number of hydrogen-bond acceptors (Lipinski definition) is 3. The van der Waals surface area contributed by atoms with E-state index in [0.29, 0.717) is 0 Å². The normalized spacial score (nSPS) is 13.5. The summed E-state index contributed by atoms with van der Waals surface area (Å²) < 4.78 is 5.03. The molecule has 0 fully saturated rings. The van der Waals surface area contributed by atoms with Crippen LogP contribution in [0.25, 0.3) is 0 Å². The number of benzene rings is 2. The molecule has 0 aliphatic carbocycles. The Balaban J connectivity index is 1.65. The predicted octanol–water partition coefficient (Wildman–Crippen LogP) is 3.12. The van der Waals surface area contributed by atoms with Gasteiger partial charge in [-0.15, -0.1) is 0 Å². The van der Waals surface area contributed by atoms with E-state index in [1.54, 1.807) is 7.11 Å². The Morgan fingerprint density at radius 1 is 1.10 bits per heavy atom. The topological polar surface area (TPSA) is 24.5 Å². The predicted molar refractivity (Wildman–Crippen MR) is 87.2 cm³/mol. The lowest BCUT2D eigenvalue weighted by Crippen LogP contribution is -2.18. The molecule has 3 rings (SSSR count). The number of hydrogen-bond donors (Lipinski definition) is 1. The molecule has 3 nitrogen and oxygen atoms in total. The summed E-state index contributed by atoms with van der Waals surface area (Å²) in [5.41, 5.74) is 5.38. The van der Waals surface area contributed by atoms with E-state index in [0.717, 1.165) is 32.7 Å². The van der Waals surface area contributed by atoms with Crippen LogP contribution in [0.3, 0.4) is 0 Å². The molecule has 1 aliphatic heterocycles. The molecule has 0 unspecified atom stereocenters. The van der Waals surface area contributed by atoms with E-state index >= 15 is 0 Å². The van der Waals surface area contributed by atoms with Crippen LogP contribution < -0.4 is 10.2 Å². The first-order chi connectivity index (χ1) is 10.4. The average molecular weight is 282 g/mol. The molecule has 0 saturated carbocycles. The monoisotopic (exact) mass is 282 g/mol. The molecule has 1 heterocycles. The van der Waals surface area contributed by atoms with Gasteiger partial charge in [0, 0.05) is 38.1 Å². The van der Waals surface area contributed by atoms with Crippen LogP contribution in [-0.2, 0) is 17.7 Å². The highest BCUT2D eigenvalue weighted by molar-refractivity contribution is 5.69. The van der Waals surface area contributed by atoms with Crippen LogP contribution in [0, 0.1) is 0 Å². The number of ether oxygens (including phenoxy) is 1. The Bertz CT molecular complexity index is 580. The summed E-state index contributed by atoms with van der Waals surface area (Å²) in [6, 6.07) is 17.5. The Kier molecular flexibility index (Phi) is 4.53. The highest BCUT2D eigenvalue weighted by atomic mass is 16.5. The second kappa shape index (κ2) is 6.74. The molecule has 1 aliphatic rings. The van der Waals surface area contributed by atoms with Gasteiger partial charge in [-0.05, 0) is 35.7 Å². The quantitative estimate of drug-likeness (QED) is 0.824. The van der Waals surface area contributed by atoms with E-state index in [9.17, 15) is 0 Å². The van der Waals surface area contributed by atoms with Gasteiger partial charge in [0.2, 0.25) is 0 Å². The Hall–Kier alpha value is -1.84. The summed E-state index contributed by atoms with van der Waals surface area (Å²) in [6.07, 6.45) is 1.14. The Morgan fingerprint density at radius 3 is 2.71 bits per heavy atom. The fourth-order valence-electron chi connectivity index (χ4n) is 2.81. The van der Waals surface area contributed by atoms with E-state index in [1.165, 1.54) is 22.5 Å². The van der Waals surface area contributed by atoms with Gasteiger partial charge in [0.1, 0.15) is 0 Å². The van der Waals surface area contributed by atoms with Gasteiger partial charge in [0.05, 0.1) is 6.61 Å². The van der Waals surface area contributed by atoms with E-state index in [-0.39, 0.29) is 0 Å². The van der Waals surface area contributed by atoms with Gasteiger partial charge in [-0.2, -0.15) is 0 Å². The molecule has 2 aromatic carbocycles. The molecule has 0 bridgehead atoms. The van der Waals surface area contributed by atoms with Gasteiger partial charge >= 0.3 is 0 Å². The van der Waals surface area contributed by atoms with Crippen molar-refractivity contribution in [1.29, 1.82) is 0 Å². The lowest BCUT2D eigenvalue weighted by molar-refractivity contribution is 0.199. The number of nitrogens with one attached hydrogen (secondary N) is 1. The van der Waals surface area contributed by atoms with Crippen molar-refractivity contribution >= 4 is 11.4 Å². The largest absolute Gasteiger partial charge is 0.383 e. The van der Waals surface area contributed by atoms with Crippen molar-refractivity contribution in [1.82, 2.24) is 5.32 Å². The first-order valence-corrected chi connectivity index (χ1v) is 7.52. The minimum absolute atomic E-state index is 0.753. The minimum Gasteiger partial charge on any atom is -0.383 e. The molecule has 110 valence electrons. The zero-order valence-corrected chi connectivity index (χ0v) is 12.5. The van der Waals surface area contributed by atoms with E-state index < -0.39 is 0 Å². The van der Waals surface area contributed by atoms with Crippen LogP contribution in [0.1, 0.15) is 11.1 Å². The lowest BCUT2D eigenvalue weighted by Gasteiger charge is -2.20. The summed E-state index contributed by atoms with van der Waals surface area (Å²) in [5, 5.41) is 3.37. The smallest absolute Gasteiger partial charge is 0.0587 e. The van der Waals surface area contributed by atoms with Crippen molar-refractivity contribution in [3.8, 4) is 0 Å². The van der Waals surface area contributed by atoms with Gasteiger partial charge in [-0.1, -0.05) is 30.3 Å². The van der Waals surface area contributed by atoms with Gasteiger partial charge in [0.15, 0.2) is 0 Å². The maximum atomic E-state index is 5.03. The summed E-state index contributed by atoms with van der Waals surface area (Å²) in [5.74, 6) is 0. The molecule has 0 atom stereocenters. The molecule has 3 heteroatoms.